The minimum Gasteiger partial charge on any atom is -0.222 e. The van der Waals surface area contributed by atoms with Crippen molar-refractivity contribution in [1.82, 2.24) is 3.97 Å². The first-order chi connectivity index (χ1) is 9.93. The normalized spacial score (nSPS) is 12.0. The standard InChI is InChI=1S/C15H11Cl2NO2S/c1-10-6-8-11(9-7-10)21(19,20)18-13-5-3-2-4-12(13)14(16)15(18)17/h2-9H,1H3. The van der Waals surface area contributed by atoms with Crippen molar-refractivity contribution in [3.05, 3.63) is 64.3 Å². The number of aryl methyl sites for hydroxylation is 1. The van der Waals surface area contributed by atoms with Crippen LogP contribution in [-0.2, 0) is 10.0 Å². The number of fused-ring (bicyclic) bond motifs is 1. The highest BCUT2D eigenvalue weighted by Gasteiger charge is 2.25. The predicted octanol–water partition coefficient (Wildman–Crippen LogP) is 4.49. The van der Waals surface area contributed by atoms with Crippen molar-refractivity contribution in [3.63, 3.8) is 0 Å². The molecule has 21 heavy (non-hydrogen) atoms. The summed E-state index contributed by atoms with van der Waals surface area (Å²) in [5, 5.41) is 0.848. The van der Waals surface area contributed by atoms with E-state index in [-0.39, 0.29) is 15.1 Å². The van der Waals surface area contributed by atoms with Gasteiger partial charge >= 0.3 is 0 Å². The first kappa shape index (κ1) is 14.4. The molecule has 6 heteroatoms. The lowest BCUT2D eigenvalue weighted by molar-refractivity contribution is 0.589. The van der Waals surface area contributed by atoms with Crippen LogP contribution in [0.15, 0.2) is 53.4 Å². The third-order valence-electron chi connectivity index (χ3n) is 3.28. The lowest BCUT2D eigenvalue weighted by Crippen LogP contribution is -2.12. The maximum atomic E-state index is 12.8. The molecule has 0 fully saturated rings. The topological polar surface area (TPSA) is 39.1 Å². The number of aromatic nitrogens is 1. The Labute approximate surface area is 132 Å². The van der Waals surface area contributed by atoms with Crippen molar-refractivity contribution in [2.24, 2.45) is 0 Å². The molecule has 0 aliphatic rings. The highest BCUT2D eigenvalue weighted by Crippen LogP contribution is 2.36. The Morgan fingerprint density at radius 2 is 1.57 bits per heavy atom. The third-order valence-corrected chi connectivity index (χ3v) is 5.94. The molecule has 0 saturated carbocycles. The van der Waals surface area contributed by atoms with Crippen LogP contribution in [-0.4, -0.2) is 12.4 Å². The first-order valence-corrected chi connectivity index (χ1v) is 8.39. The molecule has 0 N–H and O–H groups in total. The van der Waals surface area contributed by atoms with Gasteiger partial charge in [0.25, 0.3) is 10.0 Å². The molecule has 0 atom stereocenters. The van der Waals surface area contributed by atoms with E-state index in [1.165, 1.54) is 0 Å². The number of benzene rings is 2. The van der Waals surface area contributed by atoms with Crippen LogP contribution in [0.2, 0.25) is 10.2 Å². The third kappa shape index (κ3) is 2.24. The number of hydrogen-bond acceptors (Lipinski definition) is 2. The fraction of sp³-hybridized carbons (Fsp3) is 0.0667. The molecule has 3 aromatic rings. The number of nitrogens with zero attached hydrogens (tertiary/aromatic N) is 1. The van der Waals surface area contributed by atoms with Crippen LogP contribution in [0.4, 0.5) is 0 Å². The minimum absolute atomic E-state index is 0.00144. The molecule has 2 aromatic carbocycles. The Bertz CT molecular complexity index is 928. The van der Waals surface area contributed by atoms with Crippen LogP contribution < -0.4 is 0 Å². The van der Waals surface area contributed by atoms with Crippen molar-refractivity contribution >= 4 is 44.1 Å². The van der Waals surface area contributed by atoms with E-state index in [1.54, 1.807) is 48.5 Å². The average Bonchev–Trinajstić information content (AvgIpc) is 2.72. The van der Waals surface area contributed by atoms with E-state index >= 15 is 0 Å². The average molecular weight is 340 g/mol. The van der Waals surface area contributed by atoms with E-state index in [0.717, 1.165) is 9.54 Å². The summed E-state index contributed by atoms with van der Waals surface area (Å²) in [7, 11) is -3.79. The van der Waals surface area contributed by atoms with Gasteiger partial charge < -0.3 is 0 Å². The lowest BCUT2D eigenvalue weighted by atomic mass is 10.2. The van der Waals surface area contributed by atoms with Gasteiger partial charge in [-0.25, -0.2) is 12.4 Å². The van der Waals surface area contributed by atoms with E-state index in [1.807, 2.05) is 6.92 Å². The quantitative estimate of drug-likeness (QED) is 0.689. The van der Waals surface area contributed by atoms with Gasteiger partial charge in [0.1, 0.15) is 5.15 Å². The monoisotopic (exact) mass is 339 g/mol. The van der Waals surface area contributed by atoms with E-state index in [2.05, 4.69) is 0 Å². The maximum absolute atomic E-state index is 12.8. The van der Waals surface area contributed by atoms with Gasteiger partial charge in [-0.05, 0) is 25.1 Å². The highest BCUT2D eigenvalue weighted by molar-refractivity contribution is 7.90. The lowest BCUT2D eigenvalue weighted by Gasteiger charge is -2.09. The molecule has 1 heterocycles. The molecule has 1 aromatic heterocycles. The Hall–Kier alpha value is -1.49. The van der Waals surface area contributed by atoms with Crippen molar-refractivity contribution < 1.29 is 8.42 Å². The minimum atomic E-state index is -3.79. The van der Waals surface area contributed by atoms with E-state index < -0.39 is 10.0 Å². The predicted molar refractivity (Wildman–Crippen MR) is 85.7 cm³/mol. The van der Waals surface area contributed by atoms with Crippen LogP contribution in [0.25, 0.3) is 10.9 Å². The second-order valence-electron chi connectivity index (χ2n) is 4.70. The number of rotatable bonds is 2. The van der Waals surface area contributed by atoms with Crippen LogP contribution in [0, 0.1) is 6.92 Å². The molecule has 0 radical (unpaired) electrons. The van der Waals surface area contributed by atoms with Crippen molar-refractivity contribution in [1.29, 1.82) is 0 Å². The summed E-state index contributed by atoms with van der Waals surface area (Å²) in [5.74, 6) is 0. The maximum Gasteiger partial charge on any atom is 0.269 e. The molecular weight excluding hydrogens is 329 g/mol. The molecular formula is C15H11Cl2NO2S. The molecule has 0 unspecified atom stereocenters. The molecule has 0 bridgehead atoms. The summed E-state index contributed by atoms with van der Waals surface area (Å²) in [6.07, 6.45) is 0. The molecule has 3 nitrogen and oxygen atoms in total. The fourth-order valence-corrected chi connectivity index (χ4v) is 4.36. The zero-order valence-electron chi connectivity index (χ0n) is 11.0. The van der Waals surface area contributed by atoms with Crippen molar-refractivity contribution in [2.75, 3.05) is 0 Å². The Balaban J connectivity index is 2.34. The number of halogens is 2. The van der Waals surface area contributed by atoms with Gasteiger partial charge in [-0.15, -0.1) is 0 Å². The van der Waals surface area contributed by atoms with Gasteiger partial charge in [0, 0.05) is 5.39 Å². The second-order valence-corrected chi connectivity index (χ2v) is 7.23. The van der Waals surface area contributed by atoms with Crippen molar-refractivity contribution in [2.45, 2.75) is 11.8 Å². The van der Waals surface area contributed by atoms with Gasteiger partial charge in [-0.2, -0.15) is 0 Å². The molecule has 0 spiro atoms. The summed E-state index contributed by atoms with van der Waals surface area (Å²) >= 11 is 12.3. The van der Waals surface area contributed by atoms with Crippen LogP contribution >= 0.6 is 23.2 Å². The molecule has 3 rings (SSSR count). The van der Waals surface area contributed by atoms with Gasteiger partial charge in [0.05, 0.1) is 15.4 Å². The summed E-state index contributed by atoms with van der Waals surface area (Å²) in [4.78, 5) is 0.174. The molecule has 0 aliphatic heterocycles. The summed E-state index contributed by atoms with van der Waals surface area (Å²) < 4.78 is 26.7. The zero-order valence-corrected chi connectivity index (χ0v) is 13.4. The van der Waals surface area contributed by atoms with Crippen molar-refractivity contribution in [3.8, 4) is 0 Å². The second kappa shape index (κ2) is 5.05. The van der Waals surface area contributed by atoms with Crippen LogP contribution in [0.1, 0.15) is 5.56 Å². The van der Waals surface area contributed by atoms with Crippen LogP contribution in [0.5, 0.6) is 0 Å². The van der Waals surface area contributed by atoms with Gasteiger partial charge in [0.2, 0.25) is 0 Å². The number of hydrogen-bond donors (Lipinski definition) is 0. The molecule has 108 valence electrons. The van der Waals surface area contributed by atoms with Gasteiger partial charge in [-0.1, -0.05) is 59.1 Å². The fourth-order valence-electron chi connectivity index (χ4n) is 2.19. The summed E-state index contributed by atoms with van der Waals surface area (Å²) in [6, 6.07) is 13.6. The van der Waals surface area contributed by atoms with Crippen LogP contribution in [0.3, 0.4) is 0 Å². The molecule has 0 aliphatic carbocycles. The largest absolute Gasteiger partial charge is 0.269 e. The Kier molecular flexibility index (Phi) is 3.48. The summed E-state index contributed by atoms with van der Waals surface area (Å²) in [6.45, 7) is 1.89. The summed E-state index contributed by atoms with van der Waals surface area (Å²) in [5.41, 5.74) is 1.45. The Morgan fingerprint density at radius 3 is 2.24 bits per heavy atom. The SMILES string of the molecule is Cc1ccc(S(=O)(=O)n2c(Cl)c(Cl)c3ccccc32)cc1. The van der Waals surface area contributed by atoms with E-state index in [4.69, 9.17) is 23.2 Å². The number of para-hydroxylation sites is 1. The smallest absolute Gasteiger partial charge is 0.222 e. The first-order valence-electron chi connectivity index (χ1n) is 6.19. The molecule has 0 saturated heterocycles. The van der Waals surface area contributed by atoms with Gasteiger partial charge in [0.15, 0.2) is 0 Å². The van der Waals surface area contributed by atoms with E-state index in [9.17, 15) is 8.42 Å². The zero-order chi connectivity index (χ0) is 15.2. The van der Waals surface area contributed by atoms with E-state index in [0.29, 0.717) is 10.9 Å². The highest BCUT2D eigenvalue weighted by atomic mass is 35.5. The van der Waals surface area contributed by atoms with Gasteiger partial charge in [-0.3, -0.25) is 0 Å². The molecule has 0 amide bonds. The Morgan fingerprint density at radius 1 is 0.952 bits per heavy atom.